The van der Waals surface area contributed by atoms with Crippen molar-refractivity contribution in [1.82, 2.24) is 0 Å². The van der Waals surface area contributed by atoms with Crippen molar-refractivity contribution in [1.29, 1.82) is 0 Å². The molecule has 0 radical (unpaired) electrons. The molecule has 0 saturated carbocycles. The summed E-state index contributed by atoms with van der Waals surface area (Å²) >= 11 is 0. The van der Waals surface area contributed by atoms with E-state index in [9.17, 15) is 17.6 Å². The number of amides is 1. The molecule has 1 unspecified atom stereocenters. The van der Waals surface area contributed by atoms with Gasteiger partial charge < -0.3 is 10.1 Å². The summed E-state index contributed by atoms with van der Waals surface area (Å²) in [6.07, 6.45) is 1.29. The standard InChI is InChI=1S/C20H25FN2O4S/c1-5-19(23(28(4,25)26)17-10-6-15(21)7-11-17)20(24)22-16-8-12-18(13-9-16)27-14(2)3/h6-14,19H,5H2,1-4H3,(H,22,24). The first-order chi connectivity index (χ1) is 13.1. The lowest BCUT2D eigenvalue weighted by atomic mass is 10.1. The number of benzene rings is 2. The summed E-state index contributed by atoms with van der Waals surface area (Å²) < 4.78 is 44.5. The number of carbonyl (C=O) groups is 1. The highest BCUT2D eigenvalue weighted by Gasteiger charge is 2.31. The normalized spacial score (nSPS) is 12.5. The molecule has 8 heteroatoms. The van der Waals surface area contributed by atoms with E-state index in [1.165, 1.54) is 12.1 Å². The van der Waals surface area contributed by atoms with Gasteiger partial charge in [0.15, 0.2) is 0 Å². The first kappa shape index (κ1) is 21.7. The van der Waals surface area contributed by atoms with Crippen LogP contribution in [0.1, 0.15) is 27.2 Å². The molecule has 0 aliphatic carbocycles. The third-order valence-corrected chi connectivity index (χ3v) is 5.08. The Labute approximate surface area is 165 Å². The topological polar surface area (TPSA) is 75.7 Å². The Morgan fingerprint density at radius 3 is 2.14 bits per heavy atom. The number of sulfonamides is 1. The zero-order chi connectivity index (χ0) is 20.9. The molecule has 28 heavy (non-hydrogen) atoms. The Balaban J connectivity index is 2.25. The van der Waals surface area contributed by atoms with Crippen molar-refractivity contribution in [2.45, 2.75) is 39.3 Å². The SMILES string of the molecule is CCC(C(=O)Nc1ccc(OC(C)C)cc1)N(c1ccc(F)cc1)S(C)(=O)=O. The van der Waals surface area contributed by atoms with Crippen molar-refractivity contribution in [2.24, 2.45) is 0 Å². The molecule has 0 heterocycles. The van der Waals surface area contributed by atoms with Crippen LogP contribution in [0.2, 0.25) is 0 Å². The Bertz CT molecular complexity index is 897. The average Bonchev–Trinajstić information content (AvgIpc) is 2.60. The van der Waals surface area contributed by atoms with E-state index in [2.05, 4.69) is 5.32 Å². The van der Waals surface area contributed by atoms with E-state index in [1.807, 2.05) is 13.8 Å². The molecule has 1 amide bonds. The molecule has 2 aromatic carbocycles. The van der Waals surface area contributed by atoms with Gasteiger partial charge in [-0.05, 0) is 68.8 Å². The fraction of sp³-hybridized carbons (Fsp3) is 0.350. The first-order valence-electron chi connectivity index (χ1n) is 8.94. The zero-order valence-electron chi connectivity index (χ0n) is 16.3. The van der Waals surface area contributed by atoms with Crippen LogP contribution in [-0.2, 0) is 14.8 Å². The number of nitrogens with one attached hydrogen (secondary N) is 1. The van der Waals surface area contributed by atoms with E-state index in [-0.39, 0.29) is 18.2 Å². The summed E-state index contributed by atoms with van der Waals surface area (Å²) in [5.41, 5.74) is 0.749. The van der Waals surface area contributed by atoms with Gasteiger partial charge in [-0.3, -0.25) is 9.10 Å². The van der Waals surface area contributed by atoms with Crippen molar-refractivity contribution >= 4 is 27.3 Å². The Hall–Kier alpha value is -2.61. The summed E-state index contributed by atoms with van der Waals surface area (Å²) in [5, 5.41) is 2.73. The number of nitrogens with zero attached hydrogens (tertiary/aromatic N) is 1. The van der Waals surface area contributed by atoms with Gasteiger partial charge in [0.2, 0.25) is 15.9 Å². The molecule has 0 bridgehead atoms. The van der Waals surface area contributed by atoms with Crippen LogP contribution in [0.25, 0.3) is 0 Å². The van der Waals surface area contributed by atoms with Gasteiger partial charge in [-0.1, -0.05) is 6.92 Å². The van der Waals surface area contributed by atoms with E-state index in [0.717, 1.165) is 22.7 Å². The van der Waals surface area contributed by atoms with Crippen LogP contribution in [0.3, 0.4) is 0 Å². The number of anilines is 2. The molecule has 152 valence electrons. The average molecular weight is 408 g/mol. The van der Waals surface area contributed by atoms with Gasteiger partial charge in [0, 0.05) is 5.69 Å². The maximum absolute atomic E-state index is 13.2. The van der Waals surface area contributed by atoms with Gasteiger partial charge in [0.1, 0.15) is 17.6 Å². The molecule has 0 saturated heterocycles. The quantitative estimate of drug-likeness (QED) is 0.721. The second-order valence-corrected chi connectivity index (χ2v) is 8.50. The number of carbonyl (C=O) groups excluding carboxylic acids is 1. The Morgan fingerprint density at radius 2 is 1.68 bits per heavy atom. The van der Waals surface area contributed by atoms with Crippen molar-refractivity contribution in [3.63, 3.8) is 0 Å². The predicted molar refractivity (Wildman–Crippen MR) is 109 cm³/mol. The van der Waals surface area contributed by atoms with E-state index in [4.69, 9.17) is 4.74 Å². The third kappa shape index (κ3) is 5.69. The molecule has 0 aliphatic heterocycles. The predicted octanol–water partition coefficient (Wildman–Crippen LogP) is 3.80. The fourth-order valence-electron chi connectivity index (χ4n) is 2.76. The first-order valence-corrected chi connectivity index (χ1v) is 10.8. The second kappa shape index (κ2) is 9.05. The van der Waals surface area contributed by atoms with Crippen molar-refractivity contribution in [2.75, 3.05) is 15.9 Å². The minimum absolute atomic E-state index is 0.0314. The summed E-state index contributed by atoms with van der Waals surface area (Å²) in [6, 6.07) is 10.8. The second-order valence-electron chi connectivity index (χ2n) is 6.64. The number of halogens is 1. The minimum atomic E-state index is -3.77. The lowest BCUT2D eigenvalue weighted by Gasteiger charge is -2.30. The molecule has 1 atom stereocenters. The lowest BCUT2D eigenvalue weighted by Crippen LogP contribution is -2.47. The summed E-state index contributed by atoms with van der Waals surface area (Å²) in [6.45, 7) is 5.54. The van der Waals surface area contributed by atoms with Gasteiger partial charge in [-0.2, -0.15) is 0 Å². The molecular formula is C20H25FN2O4S. The Morgan fingerprint density at radius 1 is 1.11 bits per heavy atom. The smallest absolute Gasteiger partial charge is 0.248 e. The van der Waals surface area contributed by atoms with Gasteiger partial charge in [0.25, 0.3) is 0 Å². The molecular weight excluding hydrogens is 383 g/mol. The lowest BCUT2D eigenvalue weighted by molar-refractivity contribution is -0.117. The van der Waals surface area contributed by atoms with Crippen LogP contribution in [0.4, 0.5) is 15.8 Å². The number of hydrogen-bond acceptors (Lipinski definition) is 4. The summed E-state index contributed by atoms with van der Waals surface area (Å²) in [7, 11) is -3.77. The van der Waals surface area contributed by atoms with Crippen LogP contribution in [0.5, 0.6) is 5.75 Å². The van der Waals surface area contributed by atoms with Crippen molar-refractivity contribution in [3.05, 3.63) is 54.3 Å². The minimum Gasteiger partial charge on any atom is -0.491 e. The molecule has 6 nitrogen and oxygen atoms in total. The molecule has 2 rings (SSSR count). The van der Waals surface area contributed by atoms with E-state index in [1.54, 1.807) is 31.2 Å². The number of hydrogen-bond donors (Lipinski definition) is 1. The highest BCUT2D eigenvalue weighted by atomic mass is 32.2. The van der Waals surface area contributed by atoms with E-state index >= 15 is 0 Å². The highest BCUT2D eigenvalue weighted by molar-refractivity contribution is 7.92. The molecule has 1 N–H and O–H groups in total. The van der Waals surface area contributed by atoms with Gasteiger partial charge in [-0.25, -0.2) is 12.8 Å². The molecule has 0 spiro atoms. The largest absolute Gasteiger partial charge is 0.491 e. The maximum atomic E-state index is 13.2. The van der Waals surface area contributed by atoms with Gasteiger partial charge in [-0.15, -0.1) is 0 Å². The highest BCUT2D eigenvalue weighted by Crippen LogP contribution is 2.24. The van der Waals surface area contributed by atoms with Crippen LogP contribution < -0.4 is 14.4 Å². The number of ether oxygens (including phenoxy) is 1. The third-order valence-electron chi connectivity index (χ3n) is 3.90. The summed E-state index contributed by atoms with van der Waals surface area (Å²) in [5.74, 6) is -0.294. The molecule has 0 fully saturated rings. The van der Waals surface area contributed by atoms with Crippen molar-refractivity contribution in [3.8, 4) is 5.75 Å². The number of rotatable bonds is 8. The molecule has 0 aromatic heterocycles. The Kier molecular flexibility index (Phi) is 7.01. The van der Waals surface area contributed by atoms with Crippen molar-refractivity contribution < 1.29 is 22.3 Å². The fourth-order valence-corrected chi connectivity index (χ4v) is 3.97. The van der Waals surface area contributed by atoms with Crippen LogP contribution >= 0.6 is 0 Å². The van der Waals surface area contributed by atoms with Crippen LogP contribution in [-0.4, -0.2) is 32.7 Å². The van der Waals surface area contributed by atoms with E-state index < -0.39 is 27.8 Å². The van der Waals surface area contributed by atoms with E-state index in [0.29, 0.717) is 11.4 Å². The van der Waals surface area contributed by atoms with Gasteiger partial charge in [0.05, 0.1) is 18.0 Å². The molecule has 2 aromatic rings. The summed E-state index contributed by atoms with van der Waals surface area (Å²) in [4.78, 5) is 12.8. The zero-order valence-corrected chi connectivity index (χ0v) is 17.2. The van der Waals surface area contributed by atoms with Gasteiger partial charge >= 0.3 is 0 Å². The monoisotopic (exact) mass is 408 g/mol. The maximum Gasteiger partial charge on any atom is 0.248 e. The van der Waals surface area contributed by atoms with Crippen LogP contribution in [0.15, 0.2) is 48.5 Å². The van der Waals surface area contributed by atoms with Crippen LogP contribution in [0, 0.1) is 5.82 Å². The molecule has 0 aliphatic rings.